The summed E-state index contributed by atoms with van der Waals surface area (Å²) < 4.78 is 0. The largest absolute Gasteiger partial charge is 0.344 e. The zero-order valence-corrected chi connectivity index (χ0v) is 11.8. The third-order valence-electron chi connectivity index (χ3n) is 3.31. The Hall–Kier alpha value is -1.55. The van der Waals surface area contributed by atoms with Crippen LogP contribution in [-0.2, 0) is 16.0 Å². The number of amides is 2. The van der Waals surface area contributed by atoms with Crippen LogP contribution >= 0.6 is 11.6 Å². The third-order valence-corrected chi connectivity index (χ3v) is 3.56. The highest BCUT2D eigenvalue weighted by Gasteiger charge is 2.33. The molecule has 2 unspecified atom stereocenters. The van der Waals surface area contributed by atoms with Gasteiger partial charge in [-0.05, 0) is 31.9 Å². The Labute approximate surface area is 117 Å². The quantitative estimate of drug-likeness (QED) is 0.857. The Kier molecular flexibility index (Phi) is 4.10. The summed E-state index contributed by atoms with van der Waals surface area (Å²) in [5.41, 5.74) is 2.10. The number of para-hydroxylation sites is 1. The molecule has 2 rings (SSSR count). The van der Waals surface area contributed by atoms with Crippen LogP contribution in [0.5, 0.6) is 0 Å². The van der Waals surface area contributed by atoms with Crippen molar-refractivity contribution in [3.8, 4) is 0 Å². The Bertz CT molecular complexity index is 504. The number of hydrogen-bond acceptors (Lipinski definition) is 2. The molecule has 0 saturated heterocycles. The standard InChI is InChI=1S/C14H17ClN2O2/c1-9-7-11-5-3-4-6-12(11)17(9)14(19)10(2)16-13(18)8-15/h3-6,9-10H,7-8H2,1-2H3,(H,16,18). The topological polar surface area (TPSA) is 49.4 Å². The molecule has 0 fully saturated rings. The first-order chi connectivity index (χ1) is 9.04. The summed E-state index contributed by atoms with van der Waals surface area (Å²) in [6.45, 7) is 3.69. The molecule has 0 aromatic heterocycles. The molecular weight excluding hydrogens is 264 g/mol. The van der Waals surface area contributed by atoms with E-state index >= 15 is 0 Å². The molecule has 5 heteroatoms. The Balaban J connectivity index is 2.17. The lowest BCUT2D eigenvalue weighted by Gasteiger charge is -2.26. The summed E-state index contributed by atoms with van der Waals surface area (Å²) in [5, 5.41) is 2.60. The molecule has 1 heterocycles. The maximum Gasteiger partial charge on any atom is 0.249 e. The minimum atomic E-state index is -0.570. The molecule has 2 atom stereocenters. The van der Waals surface area contributed by atoms with Crippen LogP contribution in [0.25, 0.3) is 0 Å². The molecule has 1 aliphatic rings. The number of halogens is 1. The summed E-state index contributed by atoms with van der Waals surface area (Å²) in [4.78, 5) is 25.5. The van der Waals surface area contributed by atoms with E-state index in [2.05, 4.69) is 5.32 Å². The zero-order valence-electron chi connectivity index (χ0n) is 11.0. The number of fused-ring (bicyclic) bond motifs is 1. The van der Waals surface area contributed by atoms with E-state index in [-0.39, 0.29) is 23.7 Å². The lowest BCUT2D eigenvalue weighted by atomic mass is 10.1. The maximum atomic E-state index is 12.4. The molecule has 0 saturated carbocycles. The van der Waals surface area contributed by atoms with Gasteiger partial charge in [-0.3, -0.25) is 9.59 Å². The first-order valence-electron chi connectivity index (χ1n) is 6.31. The van der Waals surface area contributed by atoms with Crippen LogP contribution in [-0.4, -0.2) is 29.8 Å². The smallest absolute Gasteiger partial charge is 0.249 e. The molecule has 0 spiro atoms. The zero-order chi connectivity index (χ0) is 14.0. The average Bonchev–Trinajstić information content (AvgIpc) is 2.73. The van der Waals surface area contributed by atoms with E-state index in [1.807, 2.05) is 31.2 Å². The van der Waals surface area contributed by atoms with E-state index in [9.17, 15) is 9.59 Å². The van der Waals surface area contributed by atoms with Crippen molar-refractivity contribution in [3.63, 3.8) is 0 Å². The third kappa shape index (κ3) is 2.73. The second kappa shape index (κ2) is 5.61. The van der Waals surface area contributed by atoms with Gasteiger partial charge in [0.2, 0.25) is 11.8 Å². The van der Waals surface area contributed by atoms with Crippen LogP contribution in [0.4, 0.5) is 5.69 Å². The maximum absolute atomic E-state index is 12.4. The normalized spacial score (nSPS) is 18.9. The summed E-state index contributed by atoms with van der Waals surface area (Å²) in [7, 11) is 0. The van der Waals surface area contributed by atoms with Gasteiger partial charge >= 0.3 is 0 Å². The lowest BCUT2D eigenvalue weighted by molar-refractivity contribution is -0.126. The number of benzene rings is 1. The summed E-state index contributed by atoms with van der Waals surface area (Å²) in [6, 6.07) is 7.39. The van der Waals surface area contributed by atoms with Crippen LogP contribution < -0.4 is 10.2 Å². The van der Waals surface area contributed by atoms with Gasteiger partial charge in [0.05, 0.1) is 0 Å². The minimum absolute atomic E-state index is 0.101. The fourth-order valence-electron chi connectivity index (χ4n) is 2.45. The number of carbonyl (C=O) groups excluding carboxylic acids is 2. The van der Waals surface area contributed by atoms with Gasteiger partial charge in [0.15, 0.2) is 0 Å². The van der Waals surface area contributed by atoms with Gasteiger partial charge in [-0.15, -0.1) is 11.6 Å². The molecule has 1 aromatic carbocycles. The lowest BCUT2D eigenvalue weighted by Crippen LogP contribution is -2.49. The van der Waals surface area contributed by atoms with E-state index in [0.29, 0.717) is 0 Å². The highest BCUT2D eigenvalue weighted by molar-refractivity contribution is 6.27. The number of alkyl halides is 1. The van der Waals surface area contributed by atoms with Gasteiger partial charge in [-0.2, -0.15) is 0 Å². The van der Waals surface area contributed by atoms with Gasteiger partial charge in [0.1, 0.15) is 11.9 Å². The fourth-order valence-corrected chi connectivity index (χ4v) is 2.53. The van der Waals surface area contributed by atoms with E-state index in [1.165, 1.54) is 5.56 Å². The Morgan fingerprint density at radius 2 is 2.16 bits per heavy atom. The van der Waals surface area contributed by atoms with Gasteiger partial charge in [0.25, 0.3) is 0 Å². The molecule has 1 N–H and O–H groups in total. The predicted octanol–water partition coefficient (Wildman–Crippen LogP) is 1.71. The van der Waals surface area contributed by atoms with Crippen molar-refractivity contribution in [1.29, 1.82) is 0 Å². The van der Waals surface area contributed by atoms with Crippen LogP contribution in [0.1, 0.15) is 19.4 Å². The minimum Gasteiger partial charge on any atom is -0.344 e. The first kappa shape index (κ1) is 13.9. The summed E-state index contributed by atoms with van der Waals surface area (Å²) in [5.74, 6) is -0.567. The summed E-state index contributed by atoms with van der Waals surface area (Å²) >= 11 is 5.43. The average molecular weight is 281 g/mol. The van der Waals surface area contributed by atoms with Gasteiger partial charge < -0.3 is 10.2 Å². The molecule has 19 heavy (non-hydrogen) atoms. The van der Waals surface area contributed by atoms with Gasteiger partial charge in [-0.1, -0.05) is 18.2 Å². The van der Waals surface area contributed by atoms with Gasteiger partial charge in [0, 0.05) is 11.7 Å². The number of nitrogens with zero attached hydrogens (tertiary/aromatic N) is 1. The number of anilines is 1. The van der Waals surface area contributed by atoms with Crippen LogP contribution in [0.2, 0.25) is 0 Å². The van der Waals surface area contributed by atoms with E-state index in [4.69, 9.17) is 11.6 Å². The Morgan fingerprint density at radius 3 is 2.84 bits per heavy atom. The summed E-state index contributed by atoms with van der Waals surface area (Å²) in [6.07, 6.45) is 0.845. The first-order valence-corrected chi connectivity index (χ1v) is 6.84. The molecular formula is C14H17ClN2O2. The van der Waals surface area contributed by atoms with E-state index in [0.717, 1.165) is 12.1 Å². The van der Waals surface area contributed by atoms with Crippen molar-refractivity contribution < 1.29 is 9.59 Å². The highest BCUT2D eigenvalue weighted by Crippen LogP contribution is 2.32. The molecule has 1 aliphatic heterocycles. The molecule has 4 nitrogen and oxygen atoms in total. The number of carbonyl (C=O) groups is 2. The van der Waals surface area contributed by atoms with Crippen LogP contribution in [0.15, 0.2) is 24.3 Å². The van der Waals surface area contributed by atoms with Crippen molar-refractivity contribution in [2.45, 2.75) is 32.4 Å². The van der Waals surface area contributed by atoms with E-state index in [1.54, 1.807) is 11.8 Å². The molecule has 0 bridgehead atoms. The second-order valence-electron chi connectivity index (χ2n) is 4.81. The van der Waals surface area contributed by atoms with Gasteiger partial charge in [-0.25, -0.2) is 0 Å². The fraction of sp³-hybridized carbons (Fsp3) is 0.429. The monoisotopic (exact) mass is 280 g/mol. The molecule has 0 aliphatic carbocycles. The molecule has 2 amide bonds. The molecule has 102 valence electrons. The van der Waals surface area contributed by atoms with Crippen molar-refractivity contribution >= 4 is 29.1 Å². The van der Waals surface area contributed by atoms with Crippen LogP contribution in [0.3, 0.4) is 0 Å². The van der Waals surface area contributed by atoms with E-state index < -0.39 is 6.04 Å². The SMILES string of the molecule is CC(NC(=O)CCl)C(=O)N1c2ccccc2CC1C. The van der Waals surface area contributed by atoms with Crippen molar-refractivity contribution in [2.75, 3.05) is 10.8 Å². The highest BCUT2D eigenvalue weighted by atomic mass is 35.5. The number of rotatable bonds is 3. The second-order valence-corrected chi connectivity index (χ2v) is 5.08. The molecule has 0 radical (unpaired) electrons. The molecule has 1 aromatic rings. The number of hydrogen-bond donors (Lipinski definition) is 1. The predicted molar refractivity (Wildman–Crippen MR) is 75.4 cm³/mol. The van der Waals surface area contributed by atoms with Crippen LogP contribution in [0, 0.1) is 0 Å². The van der Waals surface area contributed by atoms with Crippen molar-refractivity contribution in [2.24, 2.45) is 0 Å². The van der Waals surface area contributed by atoms with Crippen molar-refractivity contribution in [1.82, 2.24) is 5.32 Å². The van der Waals surface area contributed by atoms with Crippen molar-refractivity contribution in [3.05, 3.63) is 29.8 Å². The Morgan fingerprint density at radius 1 is 1.47 bits per heavy atom. The number of nitrogens with one attached hydrogen (secondary N) is 1.